The number of benzene rings is 2. The third-order valence-electron chi connectivity index (χ3n) is 4.28. The van der Waals surface area contributed by atoms with Crippen LogP contribution >= 0.6 is 23.2 Å². The van der Waals surface area contributed by atoms with Gasteiger partial charge in [0, 0.05) is 29.6 Å². The summed E-state index contributed by atoms with van der Waals surface area (Å²) in [6, 6.07) is 12.4. The highest BCUT2D eigenvalue weighted by molar-refractivity contribution is 6.31. The highest BCUT2D eigenvalue weighted by Crippen LogP contribution is 2.35. The van der Waals surface area contributed by atoms with E-state index in [-0.39, 0.29) is 24.8 Å². The molecule has 0 spiro atoms. The van der Waals surface area contributed by atoms with Crippen molar-refractivity contribution >= 4 is 40.7 Å². The van der Waals surface area contributed by atoms with Crippen LogP contribution < -0.4 is 15.0 Å². The molecule has 136 valence electrons. The summed E-state index contributed by atoms with van der Waals surface area (Å²) in [5.74, 6) is -0.177. The van der Waals surface area contributed by atoms with Crippen molar-refractivity contribution in [3.05, 3.63) is 58.1 Å². The Bertz CT molecular complexity index is 841. The predicted molar refractivity (Wildman–Crippen MR) is 102 cm³/mol. The molecule has 0 unspecified atom stereocenters. The number of methoxy groups -OCH3 is 1. The molecule has 5 nitrogen and oxygen atoms in total. The third-order valence-corrected chi connectivity index (χ3v) is 4.75. The van der Waals surface area contributed by atoms with Crippen molar-refractivity contribution < 1.29 is 14.3 Å². The molecular formula is C19H18Cl2N2O3. The van der Waals surface area contributed by atoms with Crippen molar-refractivity contribution in [1.29, 1.82) is 0 Å². The van der Waals surface area contributed by atoms with Crippen LogP contribution in [0.2, 0.25) is 10.0 Å². The first-order valence-electron chi connectivity index (χ1n) is 8.14. The maximum absolute atomic E-state index is 12.5. The van der Waals surface area contributed by atoms with Crippen molar-refractivity contribution in [2.45, 2.75) is 13.0 Å². The quantitative estimate of drug-likeness (QED) is 0.844. The summed E-state index contributed by atoms with van der Waals surface area (Å²) in [5.41, 5.74) is 1.48. The second kappa shape index (κ2) is 7.98. The number of hydrogen-bond acceptors (Lipinski definition) is 3. The summed E-state index contributed by atoms with van der Waals surface area (Å²) in [6.45, 7) is 0.654. The number of nitrogens with one attached hydrogen (secondary N) is 1. The van der Waals surface area contributed by atoms with Gasteiger partial charge < -0.3 is 15.0 Å². The maximum Gasteiger partial charge on any atom is 0.227 e. The Morgan fingerprint density at radius 1 is 1.23 bits per heavy atom. The fourth-order valence-corrected chi connectivity index (χ4v) is 3.35. The summed E-state index contributed by atoms with van der Waals surface area (Å²) in [4.78, 5) is 26.4. The van der Waals surface area contributed by atoms with Gasteiger partial charge in [0.2, 0.25) is 11.8 Å². The lowest BCUT2D eigenvalue weighted by molar-refractivity contribution is -0.126. The second-order valence-electron chi connectivity index (χ2n) is 6.07. The SMILES string of the molecule is COc1ccc(Cl)cc1N1C[C@@H](C(=O)NCc2cccc(Cl)c2)CC1=O. The minimum Gasteiger partial charge on any atom is -0.495 e. The molecule has 0 aromatic heterocycles. The molecular weight excluding hydrogens is 375 g/mol. The largest absolute Gasteiger partial charge is 0.495 e. The Hall–Kier alpha value is -2.24. The van der Waals surface area contributed by atoms with Crippen molar-refractivity contribution in [2.75, 3.05) is 18.6 Å². The van der Waals surface area contributed by atoms with E-state index in [1.807, 2.05) is 12.1 Å². The standard InChI is InChI=1S/C19H18Cl2N2O3/c1-26-17-6-5-15(21)9-16(17)23-11-13(8-18(23)24)19(25)22-10-12-3-2-4-14(20)7-12/h2-7,9,13H,8,10-11H2,1H3,(H,22,25)/t13-/m0/s1. The van der Waals surface area contributed by atoms with E-state index in [4.69, 9.17) is 27.9 Å². The Morgan fingerprint density at radius 3 is 2.73 bits per heavy atom. The molecule has 0 saturated carbocycles. The van der Waals surface area contributed by atoms with Gasteiger partial charge in [-0.3, -0.25) is 9.59 Å². The Morgan fingerprint density at radius 2 is 2.00 bits per heavy atom. The number of nitrogens with zero attached hydrogens (tertiary/aromatic N) is 1. The lowest BCUT2D eigenvalue weighted by atomic mass is 10.1. The molecule has 1 heterocycles. The molecule has 2 aromatic carbocycles. The normalized spacial score (nSPS) is 16.7. The predicted octanol–water partition coefficient (Wildman–Crippen LogP) is 3.67. The van der Waals surface area contributed by atoms with Gasteiger partial charge in [-0.05, 0) is 35.9 Å². The topological polar surface area (TPSA) is 58.6 Å². The van der Waals surface area contributed by atoms with Crippen LogP contribution in [0, 0.1) is 5.92 Å². The number of halogens is 2. The molecule has 7 heteroatoms. The lowest BCUT2D eigenvalue weighted by Gasteiger charge is -2.20. The first-order valence-corrected chi connectivity index (χ1v) is 8.89. The molecule has 2 amide bonds. The van der Waals surface area contributed by atoms with E-state index in [1.54, 1.807) is 35.2 Å². The van der Waals surface area contributed by atoms with Gasteiger partial charge in [-0.15, -0.1) is 0 Å². The Balaban J connectivity index is 1.67. The van der Waals surface area contributed by atoms with Gasteiger partial charge in [0.25, 0.3) is 0 Å². The molecule has 0 radical (unpaired) electrons. The molecule has 1 N–H and O–H groups in total. The monoisotopic (exact) mass is 392 g/mol. The van der Waals surface area contributed by atoms with Crippen LogP contribution in [0.3, 0.4) is 0 Å². The Labute approximate surface area is 161 Å². The Kier molecular flexibility index (Phi) is 5.69. The van der Waals surface area contributed by atoms with Gasteiger partial charge in [0.05, 0.1) is 18.7 Å². The average molecular weight is 393 g/mol. The summed E-state index contributed by atoms with van der Waals surface area (Å²) in [7, 11) is 1.53. The van der Waals surface area contributed by atoms with Gasteiger partial charge in [-0.2, -0.15) is 0 Å². The number of amides is 2. The maximum atomic E-state index is 12.5. The highest BCUT2D eigenvalue weighted by atomic mass is 35.5. The fourth-order valence-electron chi connectivity index (χ4n) is 2.97. The van der Waals surface area contributed by atoms with E-state index in [0.29, 0.717) is 28.0 Å². The molecule has 1 aliphatic heterocycles. The van der Waals surface area contributed by atoms with Crippen LogP contribution in [-0.2, 0) is 16.1 Å². The summed E-state index contributed by atoms with van der Waals surface area (Å²) >= 11 is 12.0. The molecule has 1 fully saturated rings. The van der Waals surface area contributed by atoms with Gasteiger partial charge in [-0.25, -0.2) is 0 Å². The van der Waals surface area contributed by atoms with Crippen molar-refractivity contribution in [2.24, 2.45) is 5.92 Å². The number of rotatable bonds is 5. The van der Waals surface area contributed by atoms with E-state index in [2.05, 4.69) is 5.32 Å². The fraction of sp³-hybridized carbons (Fsp3) is 0.263. The zero-order valence-corrected chi connectivity index (χ0v) is 15.7. The second-order valence-corrected chi connectivity index (χ2v) is 6.94. The molecule has 0 bridgehead atoms. The zero-order chi connectivity index (χ0) is 18.7. The number of carbonyl (C=O) groups excluding carboxylic acids is 2. The third kappa shape index (κ3) is 4.11. The van der Waals surface area contributed by atoms with E-state index in [1.165, 1.54) is 7.11 Å². The number of ether oxygens (including phenoxy) is 1. The van der Waals surface area contributed by atoms with Gasteiger partial charge >= 0.3 is 0 Å². The van der Waals surface area contributed by atoms with Gasteiger partial charge in [0.15, 0.2) is 0 Å². The van der Waals surface area contributed by atoms with Crippen LogP contribution in [0.4, 0.5) is 5.69 Å². The van der Waals surface area contributed by atoms with E-state index in [0.717, 1.165) is 5.56 Å². The number of hydrogen-bond donors (Lipinski definition) is 1. The number of carbonyl (C=O) groups is 2. The van der Waals surface area contributed by atoms with Crippen molar-refractivity contribution in [3.8, 4) is 5.75 Å². The van der Waals surface area contributed by atoms with Crippen LogP contribution in [0.5, 0.6) is 5.75 Å². The lowest BCUT2D eigenvalue weighted by Crippen LogP contribution is -2.32. The average Bonchev–Trinajstić information content (AvgIpc) is 3.01. The zero-order valence-electron chi connectivity index (χ0n) is 14.2. The van der Waals surface area contributed by atoms with E-state index < -0.39 is 5.92 Å². The summed E-state index contributed by atoms with van der Waals surface area (Å²) in [6.07, 6.45) is 0.150. The van der Waals surface area contributed by atoms with Crippen molar-refractivity contribution in [3.63, 3.8) is 0 Å². The van der Waals surface area contributed by atoms with Crippen LogP contribution in [-0.4, -0.2) is 25.5 Å². The molecule has 26 heavy (non-hydrogen) atoms. The first-order chi connectivity index (χ1) is 12.5. The van der Waals surface area contributed by atoms with Gasteiger partial charge in [0.1, 0.15) is 5.75 Å². The highest BCUT2D eigenvalue weighted by Gasteiger charge is 2.36. The minimum atomic E-state index is -0.426. The molecule has 1 atom stereocenters. The molecule has 3 rings (SSSR count). The van der Waals surface area contributed by atoms with Crippen LogP contribution in [0.25, 0.3) is 0 Å². The number of anilines is 1. The van der Waals surface area contributed by atoms with E-state index >= 15 is 0 Å². The van der Waals surface area contributed by atoms with Crippen LogP contribution in [0.15, 0.2) is 42.5 Å². The van der Waals surface area contributed by atoms with Gasteiger partial charge in [-0.1, -0.05) is 35.3 Å². The summed E-state index contributed by atoms with van der Waals surface area (Å²) < 4.78 is 5.31. The minimum absolute atomic E-state index is 0.131. The van der Waals surface area contributed by atoms with E-state index in [9.17, 15) is 9.59 Å². The molecule has 1 aliphatic rings. The summed E-state index contributed by atoms with van der Waals surface area (Å²) in [5, 5.41) is 3.99. The van der Waals surface area contributed by atoms with Crippen LogP contribution in [0.1, 0.15) is 12.0 Å². The molecule has 0 aliphatic carbocycles. The first kappa shape index (κ1) is 18.5. The molecule has 2 aromatic rings. The van der Waals surface area contributed by atoms with Crippen molar-refractivity contribution in [1.82, 2.24) is 5.32 Å². The molecule has 1 saturated heterocycles. The smallest absolute Gasteiger partial charge is 0.227 e.